The van der Waals surface area contributed by atoms with E-state index in [0.29, 0.717) is 42.6 Å². The molecule has 2 amide bonds. The van der Waals surface area contributed by atoms with Crippen molar-refractivity contribution in [1.82, 2.24) is 9.88 Å². The Hall–Kier alpha value is -2.66. The van der Waals surface area contributed by atoms with Gasteiger partial charge < -0.3 is 16.0 Å². The number of hydrogen-bond donors (Lipinski definition) is 2. The van der Waals surface area contributed by atoms with E-state index in [0.717, 1.165) is 54.8 Å². The van der Waals surface area contributed by atoms with Crippen molar-refractivity contribution in [2.75, 3.05) is 42.9 Å². The van der Waals surface area contributed by atoms with Crippen molar-refractivity contribution in [2.45, 2.75) is 38.3 Å². The van der Waals surface area contributed by atoms with Crippen LogP contribution < -0.4 is 16.0 Å². The van der Waals surface area contributed by atoms with Crippen molar-refractivity contribution in [3.8, 4) is 0 Å². The number of pyridine rings is 1. The molecular formula is C22H26F3N5O2S. The predicted molar refractivity (Wildman–Crippen MR) is 121 cm³/mol. The van der Waals surface area contributed by atoms with Crippen LogP contribution in [0, 0.1) is 0 Å². The molecule has 178 valence electrons. The maximum atomic E-state index is 12.8. The average molecular weight is 482 g/mol. The van der Waals surface area contributed by atoms with Gasteiger partial charge >= 0.3 is 6.18 Å². The normalized spacial score (nSPS) is 17.4. The van der Waals surface area contributed by atoms with Crippen LogP contribution in [0.4, 0.5) is 24.0 Å². The fraction of sp³-hybridized carbons (Fsp3) is 0.500. The number of carbonyl (C=O) groups excluding carboxylic acids is 2. The molecule has 0 unspecified atom stereocenters. The number of amides is 2. The topological polar surface area (TPSA) is 91.6 Å². The van der Waals surface area contributed by atoms with Gasteiger partial charge in [0.25, 0.3) is 5.91 Å². The van der Waals surface area contributed by atoms with Gasteiger partial charge in [-0.3, -0.25) is 14.5 Å². The predicted octanol–water partition coefficient (Wildman–Crippen LogP) is 3.29. The lowest BCUT2D eigenvalue weighted by Crippen LogP contribution is -2.36. The molecule has 1 aliphatic heterocycles. The van der Waals surface area contributed by atoms with Crippen molar-refractivity contribution in [3.63, 3.8) is 0 Å². The van der Waals surface area contributed by atoms with E-state index in [1.165, 1.54) is 17.4 Å². The molecule has 0 radical (unpaired) electrons. The van der Waals surface area contributed by atoms with Crippen LogP contribution in [0.3, 0.4) is 0 Å². The molecule has 2 aromatic heterocycles. The number of aryl methyl sites for hydroxylation is 1. The Balaban J connectivity index is 1.36. The Morgan fingerprint density at radius 2 is 1.88 bits per heavy atom. The first-order valence-electron chi connectivity index (χ1n) is 11.0. The van der Waals surface area contributed by atoms with E-state index in [9.17, 15) is 22.8 Å². The number of nitrogens with two attached hydrogens (primary N) is 1. The van der Waals surface area contributed by atoms with Crippen LogP contribution in [0.5, 0.6) is 0 Å². The summed E-state index contributed by atoms with van der Waals surface area (Å²) in [5.74, 6) is -0.235. The molecule has 3 heterocycles. The van der Waals surface area contributed by atoms with Crippen LogP contribution >= 0.6 is 11.3 Å². The van der Waals surface area contributed by atoms with E-state index >= 15 is 0 Å². The molecule has 2 aromatic rings. The molecule has 1 saturated heterocycles. The number of carbonyl (C=O) groups is 2. The Morgan fingerprint density at radius 1 is 1.09 bits per heavy atom. The molecular weight excluding hydrogens is 455 g/mol. The molecule has 33 heavy (non-hydrogen) atoms. The second-order valence-corrected chi connectivity index (χ2v) is 9.45. The van der Waals surface area contributed by atoms with Crippen molar-refractivity contribution in [1.29, 1.82) is 0 Å². The van der Waals surface area contributed by atoms with Gasteiger partial charge in [0.15, 0.2) is 0 Å². The van der Waals surface area contributed by atoms with Crippen molar-refractivity contribution in [3.05, 3.63) is 39.9 Å². The highest BCUT2D eigenvalue weighted by Crippen LogP contribution is 2.38. The molecule has 0 aromatic carbocycles. The minimum atomic E-state index is -4.41. The van der Waals surface area contributed by atoms with Gasteiger partial charge in [-0.2, -0.15) is 13.2 Å². The molecule has 0 spiro atoms. The first-order valence-corrected chi connectivity index (χ1v) is 11.8. The second kappa shape index (κ2) is 9.68. The summed E-state index contributed by atoms with van der Waals surface area (Å²) in [6.45, 7) is 2.59. The number of nitrogens with zero attached hydrogens (tertiary/aromatic N) is 3. The summed E-state index contributed by atoms with van der Waals surface area (Å²) in [6.07, 6.45) is 0.964. The zero-order valence-electron chi connectivity index (χ0n) is 18.1. The van der Waals surface area contributed by atoms with Crippen LogP contribution in [0.2, 0.25) is 0 Å². The third-order valence-electron chi connectivity index (χ3n) is 6.03. The number of aromatic nitrogens is 1. The van der Waals surface area contributed by atoms with Crippen molar-refractivity contribution >= 4 is 34.0 Å². The lowest BCUT2D eigenvalue weighted by molar-refractivity contribution is -0.137. The van der Waals surface area contributed by atoms with E-state index in [2.05, 4.69) is 10.3 Å². The quantitative estimate of drug-likeness (QED) is 0.684. The molecule has 0 saturated carbocycles. The first kappa shape index (κ1) is 23.5. The molecule has 3 N–H and O–H groups in total. The Labute approximate surface area is 193 Å². The molecule has 2 aliphatic rings. The van der Waals surface area contributed by atoms with E-state index in [4.69, 9.17) is 5.73 Å². The summed E-state index contributed by atoms with van der Waals surface area (Å²) in [7, 11) is 0. The van der Waals surface area contributed by atoms with Gasteiger partial charge in [0, 0.05) is 37.3 Å². The number of thiophene rings is 1. The highest BCUT2D eigenvalue weighted by molar-refractivity contribution is 7.17. The van der Waals surface area contributed by atoms with Gasteiger partial charge in [0.05, 0.1) is 17.7 Å². The van der Waals surface area contributed by atoms with Gasteiger partial charge in [-0.25, -0.2) is 4.98 Å². The summed E-state index contributed by atoms with van der Waals surface area (Å²) >= 11 is 1.44. The average Bonchev–Trinajstić information content (AvgIpc) is 2.96. The van der Waals surface area contributed by atoms with Crippen molar-refractivity contribution in [2.24, 2.45) is 5.73 Å². The number of rotatable bonds is 5. The number of anilines is 2. The fourth-order valence-electron chi connectivity index (χ4n) is 4.38. The second-order valence-electron chi connectivity index (χ2n) is 8.35. The van der Waals surface area contributed by atoms with Gasteiger partial charge in [0.1, 0.15) is 10.8 Å². The van der Waals surface area contributed by atoms with E-state index in [1.807, 2.05) is 9.80 Å². The zero-order valence-corrected chi connectivity index (χ0v) is 18.9. The van der Waals surface area contributed by atoms with Crippen LogP contribution in [0.15, 0.2) is 18.3 Å². The monoisotopic (exact) mass is 481 g/mol. The Bertz CT molecular complexity index is 1020. The molecule has 0 bridgehead atoms. The van der Waals surface area contributed by atoms with Crippen molar-refractivity contribution < 1.29 is 22.8 Å². The van der Waals surface area contributed by atoms with Gasteiger partial charge in [-0.1, -0.05) is 0 Å². The summed E-state index contributed by atoms with van der Waals surface area (Å²) in [4.78, 5) is 33.8. The Morgan fingerprint density at radius 3 is 2.58 bits per heavy atom. The molecule has 1 aliphatic carbocycles. The summed E-state index contributed by atoms with van der Waals surface area (Å²) < 4.78 is 38.3. The highest BCUT2D eigenvalue weighted by atomic mass is 32.1. The van der Waals surface area contributed by atoms with E-state index in [1.54, 1.807) is 0 Å². The maximum absolute atomic E-state index is 12.8. The fourth-order valence-corrected chi connectivity index (χ4v) is 5.69. The maximum Gasteiger partial charge on any atom is 0.417 e. The molecule has 4 rings (SSSR count). The van der Waals surface area contributed by atoms with Gasteiger partial charge in [-0.15, -0.1) is 11.3 Å². The molecule has 11 heteroatoms. The molecule has 7 nitrogen and oxygen atoms in total. The van der Waals surface area contributed by atoms with Gasteiger partial charge in [0.2, 0.25) is 5.91 Å². The third-order valence-corrected chi connectivity index (χ3v) is 7.23. The molecule has 1 fully saturated rings. The van der Waals surface area contributed by atoms with Crippen LogP contribution in [0.1, 0.15) is 45.6 Å². The smallest absolute Gasteiger partial charge is 0.365 e. The number of alkyl halides is 3. The standard InChI is InChI=1S/C22H26F3N5O2S/c23-22(24,25)14-6-7-17(27-12-14)30-9-3-8-29(10-11-30)13-18(31)28-21-19(20(26)32)15-4-1-2-5-16(15)33-21/h6-7,12H,1-5,8-11,13H2,(H2,26,32)(H,28,31). The Kier molecular flexibility index (Phi) is 6.89. The van der Waals surface area contributed by atoms with Crippen LogP contribution in [-0.2, 0) is 23.8 Å². The largest absolute Gasteiger partial charge is 0.417 e. The summed E-state index contributed by atoms with van der Waals surface area (Å²) in [5, 5.41) is 3.42. The minimum absolute atomic E-state index is 0.162. The minimum Gasteiger partial charge on any atom is -0.365 e. The van der Waals surface area contributed by atoms with Crippen LogP contribution in [0.25, 0.3) is 0 Å². The first-order chi connectivity index (χ1) is 15.7. The number of halogens is 3. The number of primary amides is 1. The highest BCUT2D eigenvalue weighted by Gasteiger charge is 2.31. The molecule has 0 atom stereocenters. The summed E-state index contributed by atoms with van der Waals surface area (Å²) in [5.41, 5.74) is 6.24. The number of hydrogen-bond acceptors (Lipinski definition) is 6. The lowest BCUT2D eigenvalue weighted by atomic mass is 9.95. The van der Waals surface area contributed by atoms with Gasteiger partial charge in [-0.05, 0) is 49.8 Å². The lowest BCUT2D eigenvalue weighted by Gasteiger charge is -2.22. The van der Waals surface area contributed by atoms with E-state index < -0.39 is 17.6 Å². The van der Waals surface area contributed by atoms with E-state index in [-0.39, 0.29) is 12.5 Å². The number of fused-ring (bicyclic) bond motifs is 1. The van der Waals surface area contributed by atoms with Crippen LogP contribution in [-0.4, -0.2) is 54.4 Å². The SMILES string of the molecule is NC(=O)c1c(NC(=O)CN2CCCN(c3ccc(C(F)(F)F)cn3)CC2)sc2c1CCCC2. The third kappa shape index (κ3) is 5.47. The number of nitrogens with one attached hydrogen (secondary N) is 1. The summed E-state index contributed by atoms with van der Waals surface area (Å²) in [6, 6.07) is 2.42. The zero-order chi connectivity index (χ0) is 23.6.